The van der Waals surface area contributed by atoms with E-state index in [0.29, 0.717) is 35.8 Å². The van der Waals surface area contributed by atoms with Crippen LogP contribution in [0.3, 0.4) is 0 Å². The number of rotatable bonds is 7. The van der Waals surface area contributed by atoms with Gasteiger partial charge in [0.05, 0.1) is 21.3 Å². The Morgan fingerprint density at radius 3 is 2.15 bits per heavy atom. The summed E-state index contributed by atoms with van der Waals surface area (Å²) in [6, 6.07) is 3.37. The molecular formula is C14H22N2O4. The van der Waals surface area contributed by atoms with E-state index in [2.05, 4.69) is 5.32 Å². The summed E-state index contributed by atoms with van der Waals surface area (Å²) in [7, 11) is 4.58. The first-order chi connectivity index (χ1) is 9.51. The van der Waals surface area contributed by atoms with Gasteiger partial charge in [-0.2, -0.15) is 0 Å². The van der Waals surface area contributed by atoms with Crippen LogP contribution < -0.4 is 25.3 Å². The average Bonchev–Trinajstić information content (AvgIpc) is 2.43. The molecule has 0 radical (unpaired) electrons. The van der Waals surface area contributed by atoms with Crippen molar-refractivity contribution in [1.29, 1.82) is 0 Å². The highest BCUT2D eigenvalue weighted by molar-refractivity contribution is 5.91. The number of anilines is 1. The predicted octanol–water partition coefficient (Wildman–Crippen LogP) is 1.78. The Balaban J connectivity index is 2.88. The topological polar surface area (TPSA) is 82.8 Å². The van der Waals surface area contributed by atoms with E-state index >= 15 is 0 Å². The molecule has 6 heteroatoms. The summed E-state index contributed by atoms with van der Waals surface area (Å²) in [5, 5.41) is 2.79. The zero-order valence-electron chi connectivity index (χ0n) is 12.4. The van der Waals surface area contributed by atoms with Crippen LogP contribution in [0.5, 0.6) is 17.2 Å². The minimum atomic E-state index is -0.100. The lowest BCUT2D eigenvalue weighted by molar-refractivity contribution is -0.116. The lowest BCUT2D eigenvalue weighted by Crippen LogP contribution is -2.19. The van der Waals surface area contributed by atoms with Crippen LogP contribution in [0.1, 0.15) is 19.8 Å². The number of hydrogen-bond donors (Lipinski definition) is 2. The molecule has 6 nitrogen and oxygen atoms in total. The first-order valence-electron chi connectivity index (χ1n) is 6.37. The van der Waals surface area contributed by atoms with E-state index in [4.69, 9.17) is 19.9 Å². The highest BCUT2D eigenvalue weighted by Gasteiger charge is 2.14. The molecule has 1 rings (SSSR count). The van der Waals surface area contributed by atoms with Crippen molar-refractivity contribution in [3.63, 3.8) is 0 Å². The van der Waals surface area contributed by atoms with E-state index in [1.165, 1.54) is 21.3 Å². The first kappa shape index (κ1) is 16.1. The third-order valence-electron chi connectivity index (χ3n) is 2.78. The summed E-state index contributed by atoms with van der Waals surface area (Å²) in [4.78, 5) is 11.8. The van der Waals surface area contributed by atoms with Crippen molar-refractivity contribution >= 4 is 11.6 Å². The Labute approximate surface area is 119 Å². The van der Waals surface area contributed by atoms with Crippen LogP contribution in [-0.4, -0.2) is 33.3 Å². The summed E-state index contributed by atoms with van der Waals surface area (Å²) in [5.74, 6) is 1.38. The summed E-state index contributed by atoms with van der Waals surface area (Å²) in [5.41, 5.74) is 6.22. The molecule has 0 aliphatic carbocycles. The van der Waals surface area contributed by atoms with Crippen molar-refractivity contribution < 1.29 is 19.0 Å². The van der Waals surface area contributed by atoms with Gasteiger partial charge in [0.1, 0.15) is 0 Å². The smallest absolute Gasteiger partial charge is 0.224 e. The molecule has 0 heterocycles. The van der Waals surface area contributed by atoms with Gasteiger partial charge in [0.15, 0.2) is 11.5 Å². The van der Waals surface area contributed by atoms with Crippen LogP contribution in [0.25, 0.3) is 0 Å². The molecule has 0 bridgehead atoms. The van der Waals surface area contributed by atoms with Crippen molar-refractivity contribution in [3.05, 3.63) is 12.1 Å². The van der Waals surface area contributed by atoms with Gasteiger partial charge in [0.25, 0.3) is 0 Å². The van der Waals surface area contributed by atoms with Gasteiger partial charge in [0.2, 0.25) is 11.7 Å². The monoisotopic (exact) mass is 282 g/mol. The second kappa shape index (κ2) is 7.59. The van der Waals surface area contributed by atoms with Crippen LogP contribution >= 0.6 is 0 Å². The number of carbonyl (C=O) groups excluding carboxylic acids is 1. The number of carbonyl (C=O) groups is 1. The zero-order chi connectivity index (χ0) is 15.1. The molecule has 0 aromatic heterocycles. The maximum absolute atomic E-state index is 11.8. The van der Waals surface area contributed by atoms with Crippen molar-refractivity contribution in [2.75, 3.05) is 26.6 Å². The van der Waals surface area contributed by atoms with Crippen molar-refractivity contribution in [2.45, 2.75) is 25.8 Å². The molecular weight excluding hydrogens is 260 g/mol. The van der Waals surface area contributed by atoms with Gasteiger partial charge < -0.3 is 25.3 Å². The molecule has 0 fully saturated rings. The fourth-order valence-electron chi connectivity index (χ4n) is 1.74. The van der Waals surface area contributed by atoms with Gasteiger partial charge >= 0.3 is 0 Å². The Morgan fingerprint density at radius 2 is 1.75 bits per heavy atom. The molecule has 0 aliphatic rings. The molecule has 1 unspecified atom stereocenters. The molecule has 0 saturated heterocycles. The quantitative estimate of drug-likeness (QED) is 0.796. The van der Waals surface area contributed by atoms with Gasteiger partial charge in [-0.25, -0.2) is 0 Å². The van der Waals surface area contributed by atoms with Crippen LogP contribution in [0.15, 0.2) is 12.1 Å². The molecule has 3 N–H and O–H groups in total. The number of methoxy groups -OCH3 is 3. The number of benzene rings is 1. The van der Waals surface area contributed by atoms with Gasteiger partial charge in [-0.05, 0) is 13.3 Å². The largest absolute Gasteiger partial charge is 0.493 e. The van der Waals surface area contributed by atoms with Gasteiger partial charge in [-0.15, -0.1) is 0 Å². The minimum Gasteiger partial charge on any atom is -0.493 e. The fraction of sp³-hybridized carbons (Fsp3) is 0.500. The van der Waals surface area contributed by atoms with Crippen molar-refractivity contribution in [1.82, 2.24) is 0 Å². The van der Waals surface area contributed by atoms with Gasteiger partial charge in [0, 0.05) is 30.3 Å². The molecule has 20 heavy (non-hydrogen) atoms. The normalized spacial score (nSPS) is 11.7. The van der Waals surface area contributed by atoms with Crippen LogP contribution in [0.2, 0.25) is 0 Å². The minimum absolute atomic E-state index is 0.000639. The first-order valence-corrected chi connectivity index (χ1v) is 6.37. The van der Waals surface area contributed by atoms with E-state index < -0.39 is 0 Å². The van der Waals surface area contributed by atoms with Gasteiger partial charge in [-0.3, -0.25) is 4.79 Å². The number of hydrogen-bond acceptors (Lipinski definition) is 5. The number of ether oxygens (including phenoxy) is 3. The van der Waals surface area contributed by atoms with Gasteiger partial charge in [-0.1, -0.05) is 0 Å². The molecule has 1 atom stereocenters. The molecule has 0 aliphatic heterocycles. The predicted molar refractivity (Wildman–Crippen MR) is 77.6 cm³/mol. The standard InChI is InChI=1S/C14H22N2O4/c1-9(15)5-6-13(17)16-10-7-11(18-2)14(20-4)12(8-10)19-3/h7-9H,5-6,15H2,1-4H3,(H,16,17). The second-order valence-electron chi connectivity index (χ2n) is 4.48. The lowest BCUT2D eigenvalue weighted by Gasteiger charge is -2.14. The highest BCUT2D eigenvalue weighted by atomic mass is 16.5. The highest BCUT2D eigenvalue weighted by Crippen LogP contribution is 2.39. The van der Waals surface area contributed by atoms with E-state index in [-0.39, 0.29) is 11.9 Å². The number of amides is 1. The lowest BCUT2D eigenvalue weighted by atomic mass is 10.2. The second-order valence-corrected chi connectivity index (χ2v) is 4.48. The Hall–Kier alpha value is -1.95. The Kier molecular flexibility index (Phi) is 6.11. The summed E-state index contributed by atoms with van der Waals surface area (Å²) in [6.07, 6.45) is 1.00. The van der Waals surface area contributed by atoms with E-state index in [0.717, 1.165) is 0 Å². The third-order valence-corrected chi connectivity index (χ3v) is 2.78. The van der Waals surface area contributed by atoms with Crippen molar-refractivity contribution in [3.8, 4) is 17.2 Å². The van der Waals surface area contributed by atoms with E-state index in [1.54, 1.807) is 12.1 Å². The SMILES string of the molecule is COc1cc(NC(=O)CCC(C)N)cc(OC)c1OC. The summed E-state index contributed by atoms with van der Waals surface area (Å²) >= 11 is 0. The maximum atomic E-state index is 11.8. The maximum Gasteiger partial charge on any atom is 0.224 e. The molecule has 1 aromatic carbocycles. The average molecular weight is 282 g/mol. The van der Waals surface area contributed by atoms with Crippen LogP contribution in [-0.2, 0) is 4.79 Å². The van der Waals surface area contributed by atoms with E-state index in [9.17, 15) is 4.79 Å². The van der Waals surface area contributed by atoms with Crippen LogP contribution in [0, 0.1) is 0 Å². The molecule has 1 amide bonds. The molecule has 112 valence electrons. The summed E-state index contributed by atoms with van der Waals surface area (Å²) in [6.45, 7) is 1.87. The Morgan fingerprint density at radius 1 is 1.20 bits per heavy atom. The van der Waals surface area contributed by atoms with Crippen LogP contribution in [0.4, 0.5) is 5.69 Å². The Bertz CT molecular complexity index is 435. The van der Waals surface area contributed by atoms with Crippen molar-refractivity contribution in [2.24, 2.45) is 5.73 Å². The molecule has 0 saturated carbocycles. The molecule has 0 spiro atoms. The fourth-order valence-corrected chi connectivity index (χ4v) is 1.74. The molecule has 1 aromatic rings. The third kappa shape index (κ3) is 4.31. The zero-order valence-corrected chi connectivity index (χ0v) is 12.4. The summed E-state index contributed by atoms with van der Waals surface area (Å²) < 4.78 is 15.7. The van der Waals surface area contributed by atoms with E-state index in [1.807, 2.05) is 6.92 Å². The number of nitrogens with two attached hydrogens (primary N) is 1. The number of nitrogens with one attached hydrogen (secondary N) is 1.